The van der Waals surface area contributed by atoms with Crippen LogP contribution in [-0.2, 0) is 0 Å². The molecule has 2 aromatic carbocycles. The third-order valence-electron chi connectivity index (χ3n) is 3.30. The lowest BCUT2D eigenvalue weighted by molar-refractivity contribution is 0.509. The van der Waals surface area contributed by atoms with Gasteiger partial charge >= 0.3 is 0 Å². The molecule has 1 heterocycles. The number of halogens is 3. The number of hydrogen-bond donors (Lipinski definition) is 1. The Hall–Kier alpha value is -2.75. The Morgan fingerprint density at radius 1 is 1.16 bits per heavy atom. The molecule has 0 atom stereocenters. The van der Waals surface area contributed by atoms with Crippen LogP contribution in [0.1, 0.15) is 5.01 Å². The van der Waals surface area contributed by atoms with Crippen molar-refractivity contribution in [2.45, 2.75) is 0 Å². The van der Waals surface area contributed by atoms with Gasteiger partial charge in [0.15, 0.2) is 11.6 Å². The molecule has 0 saturated carbocycles. The summed E-state index contributed by atoms with van der Waals surface area (Å²) in [6, 6.07) is 12.7. The van der Waals surface area contributed by atoms with E-state index in [9.17, 15) is 14.0 Å². The summed E-state index contributed by atoms with van der Waals surface area (Å²) in [7, 11) is 0. The molecule has 0 radical (unpaired) electrons. The third kappa shape index (κ3) is 4.02. The third-order valence-corrected chi connectivity index (χ3v) is 4.43. The molecule has 1 N–H and O–H groups in total. The fraction of sp³-hybridized carbons (Fsp3) is 0. The topological polar surface area (TPSA) is 48.7 Å². The lowest BCUT2D eigenvalue weighted by Crippen LogP contribution is -1.93. The summed E-state index contributed by atoms with van der Waals surface area (Å²) in [6.45, 7) is 0. The van der Waals surface area contributed by atoms with Gasteiger partial charge in [-0.2, -0.15) is 5.26 Å². The van der Waals surface area contributed by atoms with E-state index in [2.05, 4.69) is 10.3 Å². The number of rotatable bonds is 4. The number of thiazole rings is 1. The summed E-state index contributed by atoms with van der Waals surface area (Å²) < 4.78 is 26.1. The molecule has 7 heteroatoms. The Morgan fingerprint density at radius 3 is 2.60 bits per heavy atom. The lowest BCUT2D eigenvalue weighted by atomic mass is 10.2. The van der Waals surface area contributed by atoms with Crippen molar-refractivity contribution in [3.63, 3.8) is 0 Å². The number of benzene rings is 2. The van der Waals surface area contributed by atoms with Crippen LogP contribution in [0.5, 0.6) is 0 Å². The normalized spacial score (nSPS) is 11.2. The van der Waals surface area contributed by atoms with Gasteiger partial charge in [-0.05, 0) is 24.3 Å². The SMILES string of the molecule is N#C/C(=C\Nc1ccc(F)c(F)c1)c1nc(-c2ccc(Cl)cc2)cs1. The zero-order valence-electron chi connectivity index (χ0n) is 12.6. The first kappa shape index (κ1) is 17.1. The second-order valence-electron chi connectivity index (χ2n) is 4.99. The quantitative estimate of drug-likeness (QED) is 0.595. The zero-order valence-corrected chi connectivity index (χ0v) is 14.2. The maximum atomic E-state index is 13.2. The van der Waals surface area contributed by atoms with Gasteiger partial charge in [0, 0.05) is 33.9 Å². The Bertz CT molecular complexity index is 975. The van der Waals surface area contributed by atoms with E-state index in [1.54, 1.807) is 12.1 Å². The highest BCUT2D eigenvalue weighted by Crippen LogP contribution is 2.27. The van der Waals surface area contributed by atoms with Crippen LogP contribution in [0.15, 0.2) is 54.0 Å². The van der Waals surface area contributed by atoms with Crippen LogP contribution in [0.3, 0.4) is 0 Å². The van der Waals surface area contributed by atoms with Crippen LogP contribution in [0, 0.1) is 23.0 Å². The van der Waals surface area contributed by atoms with Crippen molar-refractivity contribution in [2.75, 3.05) is 5.32 Å². The van der Waals surface area contributed by atoms with Crippen molar-refractivity contribution < 1.29 is 8.78 Å². The molecule has 25 heavy (non-hydrogen) atoms. The molecule has 3 rings (SSSR count). The van der Waals surface area contributed by atoms with Crippen molar-refractivity contribution in [1.29, 1.82) is 5.26 Å². The Kier molecular flexibility index (Phi) is 5.08. The maximum Gasteiger partial charge on any atom is 0.160 e. The van der Waals surface area contributed by atoms with Crippen molar-refractivity contribution in [1.82, 2.24) is 4.98 Å². The fourth-order valence-corrected chi connectivity index (χ4v) is 2.95. The summed E-state index contributed by atoms with van der Waals surface area (Å²) in [5.74, 6) is -1.89. The maximum absolute atomic E-state index is 13.2. The Morgan fingerprint density at radius 2 is 1.92 bits per heavy atom. The van der Waals surface area contributed by atoms with E-state index < -0.39 is 11.6 Å². The molecule has 0 fully saturated rings. The lowest BCUT2D eigenvalue weighted by Gasteiger charge is -2.02. The molecule has 0 aliphatic heterocycles. The van der Waals surface area contributed by atoms with Crippen molar-refractivity contribution in [3.05, 3.63) is 75.7 Å². The van der Waals surface area contributed by atoms with E-state index in [4.69, 9.17) is 11.6 Å². The van der Waals surface area contributed by atoms with Crippen LogP contribution >= 0.6 is 22.9 Å². The number of nitrogens with one attached hydrogen (secondary N) is 1. The minimum absolute atomic E-state index is 0.287. The van der Waals surface area contributed by atoms with E-state index in [-0.39, 0.29) is 5.57 Å². The predicted molar refractivity (Wildman–Crippen MR) is 96.1 cm³/mol. The molecular weight excluding hydrogens is 364 g/mol. The van der Waals surface area contributed by atoms with Gasteiger partial charge < -0.3 is 5.32 Å². The predicted octanol–water partition coefficient (Wildman–Crippen LogP) is 5.72. The van der Waals surface area contributed by atoms with Crippen molar-refractivity contribution in [3.8, 4) is 17.3 Å². The van der Waals surface area contributed by atoms with Crippen molar-refractivity contribution in [2.24, 2.45) is 0 Å². The van der Waals surface area contributed by atoms with E-state index in [1.165, 1.54) is 23.6 Å². The van der Waals surface area contributed by atoms with Crippen LogP contribution < -0.4 is 5.32 Å². The molecule has 0 bridgehead atoms. The first-order valence-corrected chi connectivity index (χ1v) is 8.36. The second-order valence-corrected chi connectivity index (χ2v) is 6.28. The van der Waals surface area contributed by atoms with Crippen LogP contribution in [0.2, 0.25) is 5.02 Å². The van der Waals surface area contributed by atoms with Gasteiger partial charge in [-0.15, -0.1) is 11.3 Å². The standard InChI is InChI=1S/C18H10ClF2N3S/c19-13-3-1-11(2-4-13)17-10-25-18(24-17)12(8-22)9-23-14-5-6-15(20)16(21)7-14/h1-7,9-10,23H/b12-9+. The summed E-state index contributed by atoms with van der Waals surface area (Å²) in [5, 5.41) is 15.1. The molecule has 124 valence electrons. The number of nitrogens with zero attached hydrogens (tertiary/aromatic N) is 2. The van der Waals surface area contributed by atoms with Gasteiger partial charge in [0.2, 0.25) is 0 Å². The first-order valence-electron chi connectivity index (χ1n) is 7.10. The van der Waals surface area contributed by atoms with Gasteiger partial charge in [-0.3, -0.25) is 0 Å². The molecule has 0 amide bonds. The number of anilines is 1. The monoisotopic (exact) mass is 373 g/mol. The van der Waals surface area contributed by atoms with Crippen molar-refractivity contribution >= 4 is 34.2 Å². The summed E-state index contributed by atoms with van der Waals surface area (Å²) in [4.78, 5) is 4.44. The average Bonchev–Trinajstić information content (AvgIpc) is 3.09. The molecule has 0 spiro atoms. The number of aromatic nitrogens is 1. The number of nitriles is 1. The zero-order chi connectivity index (χ0) is 17.8. The summed E-state index contributed by atoms with van der Waals surface area (Å²) in [5.41, 5.74) is 2.24. The van der Waals surface area contributed by atoms with Gasteiger partial charge in [-0.1, -0.05) is 23.7 Å². The van der Waals surface area contributed by atoms with E-state index in [0.717, 1.165) is 23.4 Å². The number of allylic oxidation sites excluding steroid dienone is 1. The highest BCUT2D eigenvalue weighted by atomic mass is 35.5. The highest BCUT2D eigenvalue weighted by Gasteiger charge is 2.09. The van der Waals surface area contributed by atoms with Crippen LogP contribution in [0.25, 0.3) is 16.8 Å². The molecule has 1 aromatic heterocycles. The Labute approximate surface area is 151 Å². The highest BCUT2D eigenvalue weighted by molar-refractivity contribution is 7.11. The molecule has 0 aliphatic carbocycles. The van der Waals surface area contributed by atoms with E-state index >= 15 is 0 Å². The fourth-order valence-electron chi connectivity index (χ4n) is 2.03. The molecule has 3 nitrogen and oxygen atoms in total. The molecule has 3 aromatic rings. The van der Waals surface area contributed by atoms with E-state index in [1.807, 2.05) is 23.6 Å². The summed E-state index contributed by atoms with van der Waals surface area (Å²) >= 11 is 7.18. The van der Waals surface area contributed by atoms with Gasteiger partial charge in [0.25, 0.3) is 0 Å². The molecule has 0 saturated heterocycles. The minimum atomic E-state index is -0.962. The molecule has 0 unspecified atom stereocenters. The summed E-state index contributed by atoms with van der Waals surface area (Å²) in [6.07, 6.45) is 1.41. The van der Waals surface area contributed by atoms with Gasteiger partial charge in [0.1, 0.15) is 16.6 Å². The van der Waals surface area contributed by atoms with Gasteiger partial charge in [0.05, 0.1) is 5.69 Å². The minimum Gasteiger partial charge on any atom is -0.360 e. The molecule has 0 aliphatic rings. The average molecular weight is 374 g/mol. The smallest absolute Gasteiger partial charge is 0.160 e. The van der Waals surface area contributed by atoms with Crippen LogP contribution in [0.4, 0.5) is 14.5 Å². The van der Waals surface area contributed by atoms with E-state index in [0.29, 0.717) is 15.7 Å². The molecular formula is C18H10ClF2N3S. The second kappa shape index (κ2) is 7.43. The first-order chi connectivity index (χ1) is 12.1. The van der Waals surface area contributed by atoms with Crippen LogP contribution in [-0.4, -0.2) is 4.98 Å². The Balaban J connectivity index is 1.82. The largest absolute Gasteiger partial charge is 0.360 e. The van der Waals surface area contributed by atoms with Gasteiger partial charge in [-0.25, -0.2) is 13.8 Å². The number of hydrogen-bond acceptors (Lipinski definition) is 4.